The van der Waals surface area contributed by atoms with Crippen LogP contribution in [0.2, 0.25) is 0 Å². The fourth-order valence-corrected chi connectivity index (χ4v) is 3.95. The van der Waals surface area contributed by atoms with Crippen molar-refractivity contribution < 1.29 is 14.3 Å². The number of carbonyl (C=O) groups excluding carboxylic acids is 1. The number of methoxy groups -OCH3 is 2. The third-order valence-electron chi connectivity index (χ3n) is 5.76. The number of rotatable bonds is 7. The second-order valence-electron chi connectivity index (χ2n) is 7.74. The van der Waals surface area contributed by atoms with Crippen molar-refractivity contribution in [3.63, 3.8) is 0 Å². The van der Waals surface area contributed by atoms with Crippen LogP contribution in [0.25, 0.3) is 0 Å². The molecule has 1 aromatic heterocycles. The Morgan fingerprint density at radius 1 is 1.10 bits per heavy atom. The molecule has 6 nitrogen and oxygen atoms in total. The minimum absolute atomic E-state index is 0.0281. The highest BCUT2D eigenvalue weighted by molar-refractivity contribution is 5.96. The summed E-state index contributed by atoms with van der Waals surface area (Å²) in [5, 5.41) is 7.76. The van der Waals surface area contributed by atoms with Gasteiger partial charge in [0.05, 0.1) is 37.8 Å². The molecule has 2 atom stereocenters. The van der Waals surface area contributed by atoms with Gasteiger partial charge in [-0.2, -0.15) is 5.10 Å². The molecule has 6 heteroatoms. The first-order chi connectivity index (χ1) is 14.5. The molecular weight excluding hydrogens is 378 g/mol. The Morgan fingerprint density at radius 2 is 1.83 bits per heavy atom. The van der Waals surface area contributed by atoms with E-state index < -0.39 is 0 Å². The summed E-state index contributed by atoms with van der Waals surface area (Å²) in [6.45, 7) is 4.49. The Balaban J connectivity index is 1.47. The van der Waals surface area contributed by atoms with E-state index in [0.29, 0.717) is 24.0 Å². The molecule has 2 unspecified atom stereocenters. The van der Waals surface area contributed by atoms with Gasteiger partial charge in [-0.05, 0) is 49.4 Å². The Kier molecular flexibility index (Phi) is 5.48. The van der Waals surface area contributed by atoms with Crippen LogP contribution in [0.1, 0.15) is 34.9 Å². The van der Waals surface area contributed by atoms with Crippen LogP contribution >= 0.6 is 0 Å². The van der Waals surface area contributed by atoms with Crippen molar-refractivity contribution in [2.24, 2.45) is 5.92 Å². The van der Waals surface area contributed by atoms with Gasteiger partial charge < -0.3 is 14.8 Å². The van der Waals surface area contributed by atoms with Crippen LogP contribution in [0.3, 0.4) is 0 Å². The van der Waals surface area contributed by atoms with Gasteiger partial charge in [0.25, 0.3) is 0 Å². The number of carbonyl (C=O) groups is 1. The zero-order chi connectivity index (χ0) is 21.3. The quantitative estimate of drug-likeness (QED) is 0.636. The van der Waals surface area contributed by atoms with E-state index >= 15 is 0 Å². The maximum atomic E-state index is 12.8. The molecule has 0 spiro atoms. The Hall–Kier alpha value is -3.28. The van der Waals surface area contributed by atoms with Crippen molar-refractivity contribution in [1.82, 2.24) is 9.78 Å². The highest BCUT2D eigenvalue weighted by Gasteiger charge is 2.44. The standard InChI is InChI=1S/C24H27N3O3/c1-15-23(25-24(28)20-13-19(20)18-8-6-5-7-9-18)16(2)27(26-15)14-17-10-11-21(29-3)22(12-17)30-4/h5-12,19-20H,13-14H2,1-4H3,(H,25,28). The molecule has 1 N–H and O–H groups in total. The number of hydrogen-bond acceptors (Lipinski definition) is 4. The van der Waals surface area contributed by atoms with Crippen LogP contribution in [-0.4, -0.2) is 29.9 Å². The van der Waals surface area contributed by atoms with Gasteiger partial charge in [-0.25, -0.2) is 0 Å². The topological polar surface area (TPSA) is 65.4 Å². The summed E-state index contributed by atoms with van der Waals surface area (Å²) in [4.78, 5) is 12.8. The molecule has 1 amide bonds. The number of benzene rings is 2. The second kappa shape index (κ2) is 8.22. The van der Waals surface area contributed by atoms with Crippen LogP contribution in [0.5, 0.6) is 11.5 Å². The monoisotopic (exact) mass is 405 g/mol. The van der Waals surface area contributed by atoms with Crippen LogP contribution < -0.4 is 14.8 Å². The van der Waals surface area contributed by atoms with Gasteiger partial charge in [-0.1, -0.05) is 36.4 Å². The van der Waals surface area contributed by atoms with Crippen molar-refractivity contribution >= 4 is 11.6 Å². The highest BCUT2D eigenvalue weighted by atomic mass is 16.5. The van der Waals surface area contributed by atoms with Crippen LogP contribution in [0.15, 0.2) is 48.5 Å². The number of nitrogens with one attached hydrogen (secondary N) is 1. The lowest BCUT2D eigenvalue weighted by atomic mass is 10.1. The molecule has 1 heterocycles. The number of nitrogens with zero attached hydrogens (tertiary/aromatic N) is 2. The zero-order valence-corrected chi connectivity index (χ0v) is 17.8. The van der Waals surface area contributed by atoms with Crippen molar-refractivity contribution in [3.05, 3.63) is 71.0 Å². The fourth-order valence-electron chi connectivity index (χ4n) is 3.95. The average Bonchev–Trinajstić information content (AvgIpc) is 3.53. The van der Waals surface area contributed by atoms with Crippen LogP contribution in [0, 0.1) is 19.8 Å². The average molecular weight is 405 g/mol. The number of amides is 1. The molecule has 1 fully saturated rings. The molecule has 4 rings (SSSR count). The summed E-state index contributed by atoms with van der Waals surface area (Å²) >= 11 is 0. The van der Waals surface area contributed by atoms with Crippen molar-refractivity contribution in [1.29, 1.82) is 0 Å². The molecule has 0 aliphatic heterocycles. The lowest BCUT2D eigenvalue weighted by Crippen LogP contribution is -2.16. The van der Waals surface area contributed by atoms with Gasteiger partial charge in [0, 0.05) is 5.92 Å². The Bertz CT molecular complexity index is 1060. The van der Waals surface area contributed by atoms with E-state index in [-0.39, 0.29) is 11.8 Å². The molecule has 0 bridgehead atoms. The Labute approximate surface area is 176 Å². The second-order valence-corrected chi connectivity index (χ2v) is 7.74. The van der Waals surface area contributed by atoms with Crippen LogP contribution in [-0.2, 0) is 11.3 Å². The van der Waals surface area contributed by atoms with Crippen LogP contribution in [0.4, 0.5) is 5.69 Å². The SMILES string of the molecule is COc1ccc(Cn2nc(C)c(NC(=O)C3CC3c3ccccc3)c2C)cc1OC. The van der Waals surface area contributed by atoms with Crippen molar-refractivity contribution in [2.45, 2.75) is 32.7 Å². The first kappa shape index (κ1) is 20.0. The highest BCUT2D eigenvalue weighted by Crippen LogP contribution is 2.48. The molecule has 156 valence electrons. The van der Waals surface area contributed by atoms with E-state index in [4.69, 9.17) is 9.47 Å². The fraction of sp³-hybridized carbons (Fsp3) is 0.333. The van der Waals surface area contributed by atoms with Gasteiger partial charge in [0.1, 0.15) is 0 Å². The molecule has 2 aromatic carbocycles. The summed E-state index contributed by atoms with van der Waals surface area (Å²) < 4.78 is 12.6. The minimum atomic E-state index is 0.0281. The first-order valence-electron chi connectivity index (χ1n) is 10.1. The Morgan fingerprint density at radius 3 is 2.53 bits per heavy atom. The molecular formula is C24H27N3O3. The minimum Gasteiger partial charge on any atom is -0.493 e. The van der Waals surface area contributed by atoms with E-state index in [1.54, 1.807) is 14.2 Å². The molecule has 3 aromatic rings. The normalized spacial score (nSPS) is 17.5. The zero-order valence-electron chi connectivity index (χ0n) is 17.8. The number of hydrogen-bond donors (Lipinski definition) is 1. The molecule has 1 aliphatic carbocycles. The van der Waals surface area contributed by atoms with Gasteiger partial charge in [-0.15, -0.1) is 0 Å². The van der Waals surface area contributed by atoms with E-state index in [1.165, 1.54) is 5.56 Å². The lowest BCUT2D eigenvalue weighted by Gasteiger charge is -2.11. The van der Waals surface area contributed by atoms with Gasteiger partial charge in [0.15, 0.2) is 11.5 Å². The molecule has 1 saturated carbocycles. The summed E-state index contributed by atoms with van der Waals surface area (Å²) in [5.41, 5.74) is 4.84. The smallest absolute Gasteiger partial charge is 0.228 e. The summed E-state index contributed by atoms with van der Waals surface area (Å²) in [5.74, 6) is 1.79. The van der Waals surface area contributed by atoms with E-state index in [9.17, 15) is 4.79 Å². The maximum absolute atomic E-state index is 12.8. The van der Waals surface area contributed by atoms with E-state index in [2.05, 4.69) is 22.5 Å². The number of anilines is 1. The predicted octanol–water partition coefficient (Wildman–Crippen LogP) is 4.31. The molecule has 0 radical (unpaired) electrons. The number of ether oxygens (including phenoxy) is 2. The molecule has 30 heavy (non-hydrogen) atoms. The van der Waals surface area contributed by atoms with E-state index in [0.717, 1.165) is 29.1 Å². The van der Waals surface area contributed by atoms with Gasteiger partial charge >= 0.3 is 0 Å². The summed E-state index contributed by atoms with van der Waals surface area (Å²) in [6, 6.07) is 16.1. The summed E-state index contributed by atoms with van der Waals surface area (Å²) in [7, 11) is 3.24. The van der Waals surface area contributed by atoms with E-state index in [1.807, 2.05) is 54.9 Å². The van der Waals surface area contributed by atoms with Gasteiger partial charge in [0.2, 0.25) is 5.91 Å². The largest absolute Gasteiger partial charge is 0.493 e. The summed E-state index contributed by atoms with van der Waals surface area (Å²) in [6.07, 6.45) is 0.897. The third-order valence-corrected chi connectivity index (χ3v) is 5.76. The third kappa shape index (κ3) is 3.90. The van der Waals surface area contributed by atoms with Gasteiger partial charge in [-0.3, -0.25) is 9.48 Å². The molecule has 1 aliphatic rings. The van der Waals surface area contributed by atoms with Crippen molar-refractivity contribution in [3.8, 4) is 11.5 Å². The lowest BCUT2D eigenvalue weighted by molar-refractivity contribution is -0.117. The predicted molar refractivity (Wildman–Crippen MR) is 116 cm³/mol. The van der Waals surface area contributed by atoms with Crippen molar-refractivity contribution in [2.75, 3.05) is 19.5 Å². The number of aryl methyl sites for hydroxylation is 1. The maximum Gasteiger partial charge on any atom is 0.228 e. The number of aromatic nitrogens is 2. The molecule has 0 saturated heterocycles. The first-order valence-corrected chi connectivity index (χ1v) is 10.1.